The van der Waals surface area contributed by atoms with Crippen molar-refractivity contribution in [2.24, 2.45) is 5.73 Å². The summed E-state index contributed by atoms with van der Waals surface area (Å²) >= 11 is 7.42. The van der Waals surface area contributed by atoms with Gasteiger partial charge in [-0.3, -0.25) is 4.98 Å². The number of hydrogen-bond donors (Lipinski definition) is 1. The third-order valence-corrected chi connectivity index (χ3v) is 3.85. The van der Waals surface area contributed by atoms with E-state index >= 15 is 0 Å². The van der Waals surface area contributed by atoms with E-state index in [0.29, 0.717) is 0 Å². The highest BCUT2D eigenvalue weighted by Crippen LogP contribution is 2.27. The van der Waals surface area contributed by atoms with E-state index in [1.807, 2.05) is 18.2 Å². The molecule has 1 atom stereocenters. The molecule has 1 unspecified atom stereocenters. The number of rotatable bonds is 3. The van der Waals surface area contributed by atoms with Gasteiger partial charge in [-0.05, 0) is 30.7 Å². The fourth-order valence-corrected chi connectivity index (χ4v) is 2.63. The minimum atomic E-state index is -0.0221. The summed E-state index contributed by atoms with van der Waals surface area (Å²) in [6, 6.07) is 7.83. The second kappa shape index (κ2) is 4.95. The van der Waals surface area contributed by atoms with Gasteiger partial charge in [-0.2, -0.15) is 0 Å². The fraction of sp³-hybridized carbons (Fsp3) is 0.250. The number of pyridine rings is 1. The predicted molar refractivity (Wildman–Crippen MR) is 68.9 cm³/mol. The summed E-state index contributed by atoms with van der Waals surface area (Å²) in [5.41, 5.74) is 8.36. The van der Waals surface area contributed by atoms with Gasteiger partial charge in [-0.1, -0.05) is 17.7 Å². The van der Waals surface area contributed by atoms with Crippen molar-refractivity contribution in [2.45, 2.75) is 19.4 Å². The van der Waals surface area contributed by atoms with Crippen molar-refractivity contribution in [3.8, 4) is 0 Å². The molecule has 0 aromatic carbocycles. The summed E-state index contributed by atoms with van der Waals surface area (Å²) in [4.78, 5) is 5.45. The zero-order valence-electron chi connectivity index (χ0n) is 8.98. The Kier molecular flexibility index (Phi) is 3.59. The number of aryl methyl sites for hydroxylation is 1. The molecule has 4 heteroatoms. The molecule has 0 aliphatic carbocycles. The zero-order valence-corrected chi connectivity index (χ0v) is 10.6. The highest BCUT2D eigenvalue weighted by atomic mass is 35.5. The first-order valence-electron chi connectivity index (χ1n) is 5.08. The van der Waals surface area contributed by atoms with E-state index in [0.717, 1.165) is 21.3 Å². The number of nitrogens with two attached hydrogens (primary N) is 1. The Morgan fingerprint density at radius 1 is 1.44 bits per heavy atom. The second-order valence-corrected chi connectivity index (χ2v) is 5.47. The Hall–Kier alpha value is -0.900. The molecular formula is C12H13ClN2S. The van der Waals surface area contributed by atoms with E-state index in [4.69, 9.17) is 17.3 Å². The van der Waals surface area contributed by atoms with Crippen molar-refractivity contribution in [1.82, 2.24) is 4.98 Å². The number of hydrogen-bond acceptors (Lipinski definition) is 3. The Morgan fingerprint density at radius 3 is 2.88 bits per heavy atom. The summed E-state index contributed by atoms with van der Waals surface area (Å²) in [6.07, 6.45) is 2.56. The van der Waals surface area contributed by atoms with Gasteiger partial charge in [0, 0.05) is 29.2 Å². The molecule has 0 aliphatic heterocycles. The minimum Gasteiger partial charge on any atom is -0.323 e. The smallest absolute Gasteiger partial charge is 0.0931 e. The molecule has 2 aromatic rings. The first kappa shape index (κ1) is 11.6. The van der Waals surface area contributed by atoms with Gasteiger partial charge in [-0.15, -0.1) is 11.3 Å². The molecule has 2 heterocycles. The van der Waals surface area contributed by atoms with Crippen LogP contribution in [0.4, 0.5) is 0 Å². The topological polar surface area (TPSA) is 38.9 Å². The molecule has 0 saturated carbocycles. The summed E-state index contributed by atoms with van der Waals surface area (Å²) in [5.74, 6) is 0. The maximum atomic E-state index is 6.12. The molecule has 0 bridgehead atoms. The van der Waals surface area contributed by atoms with Crippen LogP contribution in [-0.4, -0.2) is 4.98 Å². The highest BCUT2D eigenvalue weighted by Gasteiger charge is 2.11. The van der Waals surface area contributed by atoms with Gasteiger partial charge in [0.15, 0.2) is 0 Å². The van der Waals surface area contributed by atoms with E-state index < -0.39 is 0 Å². The van der Waals surface area contributed by atoms with Crippen molar-refractivity contribution >= 4 is 22.9 Å². The second-order valence-electron chi connectivity index (χ2n) is 3.72. The van der Waals surface area contributed by atoms with Gasteiger partial charge >= 0.3 is 0 Å². The van der Waals surface area contributed by atoms with Crippen LogP contribution in [0.15, 0.2) is 30.5 Å². The molecule has 0 fully saturated rings. The van der Waals surface area contributed by atoms with Crippen molar-refractivity contribution in [3.05, 3.63) is 50.9 Å². The summed E-state index contributed by atoms with van der Waals surface area (Å²) in [7, 11) is 0. The van der Waals surface area contributed by atoms with Crippen LogP contribution in [0.25, 0.3) is 0 Å². The minimum absolute atomic E-state index is 0.0221. The average Bonchev–Trinajstić information content (AvgIpc) is 2.68. The van der Waals surface area contributed by atoms with Crippen LogP contribution >= 0.6 is 22.9 Å². The van der Waals surface area contributed by atoms with Gasteiger partial charge in [-0.25, -0.2) is 0 Å². The number of halogens is 1. The number of thiophene rings is 1. The number of aromatic nitrogens is 1. The average molecular weight is 253 g/mol. The third-order valence-electron chi connectivity index (χ3n) is 2.49. The van der Waals surface area contributed by atoms with Crippen LogP contribution in [0.1, 0.15) is 22.2 Å². The molecule has 2 N–H and O–H groups in total. The molecule has 2 aromatic heterocycles. The first-order valence-corrected chi connectivity index (χ1v) is 6.27. The van der Waals surface area contributed by atoms with Crippen molar-refractivity contribution < 1.29 is 0 Å². The Balaban J connectivity index is 2.13. The van der Waals surface area contributed by atoms with Crippen molar-refractivity contribution in [2.75, 3.05) is 0 Å². The fourth-order valence-electron chi connectivity index (χ4n) is 1.57. The monoisotopic (exact) mass is 252 g/mol. The molecule has 0 amide bonds. The summed E-state index contributed by atoms with van der Waals surface area (Å²) in [5, 5.41) is 0. The Labute approximate surface area is 104 Å². The van der Waals surface area contributed by atoms with Crippen LogP contribution in [0.3, 0.4) is 0 Å². The molecule has 0 aliphatic rings. The highest BCUT2D eigenvalue weighted by molar-refractivity contribution is 7.16. The molecule has 16 heavy (non-hydrogen) atoms. The maximum Gasteiger partial charge on any atom is 0.0931 e. The van der Waals surface area contributed by atoms with E-state index in [1.54, 1.807) is 6.20 Å². The Bertz CT molecular complexity index is 481. The van der Waals surface area contributed by atoms with Gasteiger partial charge in [0.25, 0.3) is 0 Å². The van der Waals surface area contributed by atoms with Gasteiger partial charge in [0.1, 0.15) is 0 Å². The van der Waals surface area contributed by atoms with Gasteiger partial charge < -0.3 is 5.73 Å². The van der Waals surface area contributed by atoms with Crippen LogP contribution in [0, 0.1) is 6.92 Å². The first-order chi connectivity index (χ1) is 7.66. The van der Waals surface area contributed by atoms with E-state index in [9.17, 15) is 0 Å². The molecule has 2 rings (SSSR count). The van der Waals surface area contributed by atoms with Crippen molar-refractivity contribution in [1.29, 1.82) is 0 Å². The van der Waals surface area contributed by atoms with Crippen LogP contribution < -0.4 is 5.73 Å². The normalized spacial score (nSPS) is 12.7. The summed E-state index contributed by atoms with van der Waals surface area (Å²) in [6.45, 7) is 2.05. The molecule has 84 valence electrons. The lowest BCUT2D eigenvalue weighted by Crippen LogP contribution is -2.13. The van der Waals surface area contributed by atoms with E-state index in [2.05, 4.69) is 18.0 Å². The van der Waals surface area contributed by atoms with E-state index in [1.165, 1.54) is 16.9 Å². The maximum absolute atomic E-state index is 6.12. The standard InChI is InChI=1S/C12H13ClN2S/c1-8-3-2-6-15-10(8)7-9(14)11-4-5-12(13)16-11/h2-6,9H,7,14H2,1H3. The van der Waals surface area contributed by atoms with Gasteiger partial charge in [0.05, 0.1) is 4.34 Å². The van der Waals surface area contributed by atoms with Crippen LogP contribution in [0.5, 0.6) is 0 Å². The molecule has 0 spiro atoms. The van der Waals surface area contributed by atoms with Gasteiger partial charge in [0.2, 0.25) is 0 Å². The molecule has 2 nitrogen and oxygen atoms in total. The number of nitrogens with zero attached hydrogens (tertiary/aromatic N) is 1. The lowest BCUT2D eigenvalue weighted by Gasteiger charge is -2.10. The zero-order chi connectivity index (χ0) is 11.5. The Morgan fingerprint density at radius 2 is 2.25 bits per heavy atom. The summed E-state index contributed by atoms with van der Waals surface area (Å²) < 4.78 is 0.781. The van der Waals surface area contributed by atoms with E-state index in [-0.39, 0.29) is 6.04 Å². The van der Waals surface area contributed by atoms with Crippen LogP contribution in [0.2, 0.25) is 4.34 Å². The van der Waals surface area contributed by atoms with Crippen LogP contribution in [-0.2, 0) is 6.42 Å². The van der Waals surface area contributed by atoms with Crippen molar-refractivity contribution in [3.63, 3.8) is 0 Å². The lowest BCUT2D eigenvalue weighted by molar-refractivity contribution is 0.715. The molecular weight excluding hydrogens is 240 g/mol. The SMILES string of the molecule is Cc1cccnc1CC(N)c1ccc(Cl)s1. The quantitative estimate of drug-likeness (QED) is 0.910. The largest absolute Gasteiger partial charge is 0.323 e. The lowest BCUT2D eigenvalue weighted by atomic mass is 10.1. The third kappa shape index (κ3) is 2.61. The molecule has 0 saturated heterocycles. The predicted octanol–water partition coefficient (Wildman–Crippen LogP) is 3.35. The molecule has 0 radical (unpaired) electrons.